The van der Waals surface area contributed by atoms with Crippen LogP contribution in [0.1, 0.15) is 0 Å². The number of fused-ring (bicyclic) bond motifs is 29. The van der Waals surface area contributed by atoms with E-state index < -0.39 is 0 Å². The van der Waals surface area contributed by atoms with Gasteiger partial charge in [0.15, 0.2) is 0 Å². The standard InChI is InChI=1S/C76H41BN4/c1-2-18-42(19-3-1)46-22-8-9-23-47(46)45-38-59-68-63(37-35-56-52-28-11-10-26-50(52)51-27-12-15-31-55(51)66(56)68)80-65-41-62-73(79-72-58-33-17-14-30-54(58)53-29-13-16-32-57(53)71(72)78-62)76-70(65)77(60(40-45)74(59)80)61-39-44-21-5-7-25-49(44)69-67-48-24-6-4-20-43(48)34-36-64(67)81(76)75(61)69/h1-41H. The number of rotatable bonds is 2. The summed E-state index contributed by atoms with van der Waals surface area (Å²) in [6.07, 6.45) is 0. The van der Waals surface area contributed by atoms with E-state index in [1.165, 1.54) is 147 Å². The molecule has 2 aliphatic heterocycles. The fourth-order valence-electron chi connectivity index (χ4n) is 15.6. The van der Waals surface area contributed by atoms with Gasteiger partial charge < -0.3 is 9.13 Å². The fourth-order valence-corrected chi connectivity index (χ4v) is 15.6. The maximum atomic E-state index is 6.05. The number of nitrogens with zero attached hydrogens (tertiary/aromatic N) is 4. The Morgan fingerprint density at radius 2 is 0.802 bits per heavy atom. The second-order valence-electron chi connectivity index (χ2n) is 22.6. The summed E-state index contributed by atoms with van der Waals surface area (Å²) < 4.78 is 5.26. The predicted octanol–water partition coefficient (Wildman–Crippen LogP) is 17.5. The minimum atomic E-state index is -0.188. The normalized spacial score (nSPS) is 12.9. The van der Waals surface area contributed by atoms with Crippen LogP contribution in [0.2, 0.25) is 0 Å². The number of hydrogen-bond donors (Lipinski definition) is 0. The average molecular weight is 1020 g/mol. The number of benzene rings is 15. The molecule has 20 rings (SSSR count). The summed E-state index contributed by atoms with van der Waals surface area (Å²) in [6, 6.07) is 93.1. The van der Waals surface area contributed by atoms with Crippen LogP contribution in [-0.2, 0) is 0 Å². The lowest BCUT2D eigenvalue weighted by molar-refractivity contribution is 1.15. The SMILES string of the molecule is c1ccc(-c2ccccc2-c2cc3c4c(c2)c2c5c6ccccc6c6ccccc6c5ccc2n4-c2cc4nc5c6ccccc6c6ccccc6c5nc4c4c2B3c2cc3ccccc3c3c5c6ccccc6ccc5n-4c23)cc1. The van der Waals surface area contributed by atoms with E-state index in [4.69, 9.17) is 9.97 Å². The zero-order chi connectivity index (χ0) is 52.3. The second kappa shape index (κ2) is 15.1. The molecule has 18 aromatic rings. The predicted molar refractivity (Wildman–Crippen MR) is 344 cm³/mol. The van der Waals surface area contributed by atoms with Crippen LogP contribution in [-0.4, -0.2) is 25.8 Å². The van der Waals surface area contributed by atoms with E-state index in [2.05, 4.69) is 258 Å². The van der Waals surface area contributed by atoms with Gasteiger partial charge in [0.1, 0.15) is 5.52 Å². The molecule has 0 spiro atoms. The molecule has 5 heterocycles. The molecule has 0 bridgehead atoms. The maximum absolute atomic E-state index is 6.05. The van der Waals surface area contributed by atoms with Gasteiger partial charge in [0, 0.05) is 48.9 Å². The van der Waals surface area contributed by atoms with Gasteiger partial charge in [-0.15, -0.1) is 0 Å². The van der Waals surface area contributed by atoms with Crippen molar-refractivity contribution >= 4 is 164 Å². The first-order valence-electron chi connectivity index (χ1n) is 28.2. The lowest BCUT2D eigenvalue weighted by Crippen LogP contribution is -2.59. The second-order valence-corrected chi connectivity index (χ2v) is 22.6. The molecular weight excluding hydrogens is 980 g/mol. The van der Waals surface area contributed by atoms with E-state index in [0.29, 0.717) is 0 Å². The van der Waals surface area contributed by atoms with Crippen molar-refractivity contribution in [3.05, 3.63) is 249 Å². The summed E-state index contributed by atoms with van der Waals surface area (Å²) in [5, 5.41) is 22.2. The van der Waals surface area contributed by atoms with Crippen molar-refractivity contribution in [2.24, 2.45) is 0 Å². The Hall–Kier alpha value is -10.6. The molecule has 15 aromatic carbocycles. The molecule has 0 fully saturated rings. The van der Waals surface area contributed by atoms with Gasteiger partial charge >= 0.3 is 0 Å². The zero-order valence-corrected chi connectivity index (χ0v) is 43.5. The molecule has 0 saturated heterocycles. The van der Waals surface area contributed by atoms with Crippen LogP contribution in [0.3, 0.4) is 0 Å². The van der Waals surface area contributed by atoms with Crippen LogP contribution in [0.15, 0.2) is 249 Å². The Morgan fingerprint density at radius 1 is 0.296 bits per heavy atom. The molecule has 0 aliphatic carbocycles. The molecule has 3 aromatic heterocycles. The summed E-state index contributed by atoms with van der Waals surface area (Å²) >= 11 is 0. The molecular formula is C76H41BN4. The molecule has 0 amide bonds. The number of hydrogen-bond acceptors (Lipinski definition) is 2. The van der Waals surface area contributed by atoms with Gasteiger partial charge in [-0.3, -0.25) is 0 Å². The van der Waals surface area contributed by atoms with Crippen molar-refractivity contribution in [2.45, 2.75) is 0 Å². The van der Waals surface area contributed by atoms with Crippen LogP contribution in [0.5, 0.6) is 0 Å². The molecule has 0 atom stereocenters. The molecule has 4 nitrogen and oxygen atoms in total. The van der Waals surface area contributed by atoms with Crippen molar-refractivity contribution < 1.29 is 0 Å². The van der Waals surface area contributed by atoms with Crippen LogP contribution in [0.4, 0.5) is 0 Å². The van der Waals surface area contributed by atoms with Crippen molar-refractivity contribution in [2.75, 3.05) is 0 Å². The highest BCUT2D eigenvalue weighted by atomic mass is 15.1. The molecule has 5 heteroatoms. The van der Waals surface area contributed by atoms with Gasteiger partial charge in [-0.25, -0.2) is 9.97 Å². The molecule has 0 unspecified atom stereocenters. The Kier molecular flexibility index (Phi) is 7.93. The summed E-state index contributed by atoms with van der Waals surface area (Å²) in [7, 11) is 0. The zero-order valence-electron chi connectivity index (χ0n) is 43.5. The minimum absolute atomic E-state index is 0.188. The summed E-state index contributed by atoms with van der Waals surface area (Å²) in [5.41, 5.74) is 19.3. The molecule has 0 N–H and O–H groups in total. The van der Waals surface area contributed by atoms with E-state index in [9.17, 15) is 0 Å². The fraction of sp³-hybridized carbons (Fsp3) is 0. The highest BCUT2D eigenvalue weighted by molar-refractivity contribution is 7.01. The minimum Gasteiger partial charge on any atom is -0.310 e. The third kappa shape index (κ3) is 5.28. The summed E-state index contributed by atoms with van der Waals surface area (Å²) in [4.78, 5) is 12.0. The Labute approximate surface area is 463 Å². The highest BCUT2D eigenvalue weighted by Crippen LogP contribution is 2.49. The van der Waals surface area contributed by atoms with Crippen molar-refractivity contribution in [3.63, 3.8) is 0 Å². The lowest BCUT2D eigenvalue weighted by atomic mass is 9.34. The third-order valence-corrected chi connectivity index (χ3v) is 18.7. The van der Waals surface area contributed by atoms with Crippen LogP contribution in [0, 0.1) is 0 Å². The highest BCUT2D eigenvalue weighted by Gasteiger charge is 2.43. The van der Waals surface area contributed by atoms with Crippen molar-refractivity contribution in [3.8, 4) is 33.6 Å². The van der Waals surface area contributed by atoms with Crippen molar-refractivity contribution in [1.29, 1.82) is 0 Å². The van der Waals surface area contributed by atoms with Crippen LogP contribution < -0.4 is 16.4 Å². The number of aromatic nitrogens is 4. The van der Waals surface area contributed by atoms with E-state index in [1.807, 2.05) is 0 Å². The Balaban J connectivity index is 1.06. The van der Waals surface area contributed by atoms with Gasteiger partial charge in [-0.05, 0) is 122 Å². The van der Waals surface area contributed by atoms with Crippen LogP contribution >= 0.6 is 0 Å². The van der Waals surface area contributed by atoms with E-state index in [-0.39, 0.29) is 6.71 Å². The average Bonchev–Trinajstić information content (AvgIpc) is 2.57. The van der Waals surface area contributed by atoms with Gasteiger partial charge in [0.2, 0.25) is 0 Å². The largest absolute Gasteiger partial charge is 0.310 e. The quantitative estimate of drug-likeness (QED) is 0.0983. The van der Waals surface area contributed by atoms with Crippen LogP contribution in [0.25, 0.3) is 175 Å². The lowest BCUT2D eigenvalue weighted by Gasteiger charge is -2.34. The summed E-state index contributed by atoms with van der Waals surface area (Å²) in [5.74, 6) is 0. The molecule has 81 heavy (non-hydrogen) atoms. The van der Waals surface area contributed by atoms with E-state index in [0.717, 1.165) is 44.2 Å². The van der Waals surface area contributed by atoms with Gasteiger partial charge in [-0.1, -0.05) is 224 Å². The Morgan fingerprint density at radius 3 is 1.52 bits per heavy atom. The van der Waals surface area contributed by atoms with E-state index in [1.54, 1.807) is 0 Å². The monoisotopic (exact) mass is 1020 g/mol. The van der Waals surface area contributed by atoms with Gasteiger partial charge in [0.05, 0.1) is 38.8 Å². The van der Waals surface area contributed by atoms with Gasteiger partial charge in [-0.2, -0.15) is 0 Å². The first-order chi connectivity index (χ1) is 40.2. The first kappa shape index (κ1) is 42.4. The molecule has 0 saturated carbocycles. The summed E-state index contributed by atoms with van der Waals surface area (Å²) in [6.45, 7) is -0.188. The molecule has 0 radical (unpaired) electrons. The smallest absolute Gasteiger partial charge is 0.252 e. The molecule has 2 aliphatic rings. The molecule has 368 valence electrons. The topological polar surface area (TPSA) is 35.6 Å². The first-order valence-corrected chi connectivity index (χ1v) is 28.2. The van der Waals surface area contributed by atoms with E-state index >= 15 is 0 Å². The van der Waals surface area contributed by atoms with Crippen molar-refractivity contribution in [1.82, 2.24) is 19.1 Å². The maximum Gasteiger partial charge on any atom is 0.252 e. The van der Waals surface area contributed by atoms with Gasteiger partial charge in [0.25, 0.3) is 6.71 Å². The third-order valence-electron chi connectivity index (χ3n) is 18.7. The Bertz CT molecular complexity index is 5930.